The Bertz CT molecular complexity index is 712. The second-order valence-electron chi connectivity index (χ2n) is 6.16. The molecule has 0 bridgehead atoms. The number of benzene rings is 2. The number of rotatable bonds is 6. The van der Waals surface area contributed by atoms with Crippen molar-refractivity contribution < 1.29 is 4.79 Å². The summed E-state index contributed by atoms with van der Waals surface area (Å²) < 4.78 is 0. The first-order chi connectivity index (χ1) is 11.7. The zero-order chi connectivity index (χ0) is 16.9. The van der Waals surface area contributed by atoms with Gasteiger partial charge in [-0.05, 0) is 29.8 Å². The number of hydrogen-bond acceptors (Lipinski definition) is 1. The van der Waals surface area contributed by atoms with E-state index in [1.54, 1.807) is 0 Å². The van der Waals surface area contributed by atoms with Crippen LogP contribution < -0.4 is 16.3 Å². The van der Waals surface area contributed by atoms with Crippen molar-refractivity contribution >= 4 is 24.4 Å². The van der Waals surface area contributed by atoms with Crippen molar-refractivity contribution in [3.8, 4) is 0 Å². The second kappa shape index (κ2) is 7.59. The van der Waals surface area contributed by atoms with E-state index in [1.807, 2.05) is 0 Å². The van der Waals surface area contributed by atoms with E-state index in [4.69, 9.17) is 5.73 Å². The van der Waals surface area contributed by atoms with Crippen molar-refractivity contribution in [2.75, 3.05) is 0 Å². The van der Waals surface area contributed by atoms with Crippen LogP contribution in [0.3, 0.4) is 0 Å². The normalized spacial score (nSPS) is 17.8. The van der Waals surface area contributed by atoms with E-state index < -0.39 is 7.92 Å². The van der Waals surface area contributed by atoms with E-state index in [9.17, 15) is 4.79 Å². The van der Waals surface area contributed by atoms with E-state index in [-0.39, 0.29) is 17.7 Å². The van der Waals surface area contributed by atoms with Crippen LogP contribution in [-0.4, -0.2) is 5.91 Å². The maximum absolute atomic E-state index is 11.4. The number of hydrogen-bond donors (Lipinski definition) is 1. The Balaban J connectivity index is 1.99. The van der Waals surface area contributed by atoms with Gasteiger partial charge in [-0.15, -0.1) is 0 Å². The number of primary amides is 1. The zero-order valence-corrected chi connectivity index (χ0v) is 14.7. The van der Waals surface area contributed by atoms with Crippen LogP contribution in [0.1, 0.15) is 13.3 Å². The molecule has 0 saturated carbocycles. The van der Waals surface area contributed by atoms with Crippen molar-refractivity contribution in [1.82, 2.24) is 0 Å². The Morgan fingerprint density at radius 2 is 1.58 bits per heavy atom. The highest BCUT2D eigenvalue weighted by Gasteiger charge is 2.30. The first kappa shape index (κ1) is 16.7. The minimum Gasteiger partial charge on any atom is -0.370 e. The molecule has 0 aliphatic heterocycles. The van der Waals surface area contributed by atoms with Gasteiger partial charge in [-0.1, -0.05) is 85.8 Å². The number of carbonyl (C=O) groups is 1. The standard InChI is InChI=1S/C21H22NOP/c1-16(15-21(22)23)19-13-8-14-20(19)24(17-9-4-2-5-10-17)18-11-6-3-7-12-18/h2-14,16,19H,15H2,1H3,(H2,22,23). The molecule has 2 N–H and O–H groups in total. The summed E-state index contributed by atoms with van der Waals surface area (Å²) in [4.78, 5) is 11.4. The van der Waals surface area contributed by atoms with Crippen LogP contribution in [0.25, 0.3) is 0 Å². The molecular formula is C21H22NOP. The van der Waals surface area contributed by atoms with Gasteiger partial charge < -0.3 is 5.73 Å². The van der Waals surface area contributed by atoms with Gasteiger partial charge in [0.25, 0.3) is 0 Å². The van der Waals surface area contributed by atoms with Gasteiger partial charge in [-0.2, -0.15) is 0 Å². The predicted molar refractivity (Wildman–Crippen MR) is 103 cm³/mol. The van der Waals surface area contributed by atoms with Gasteiger partial charge >= 0.3 is 0 Å². The molecule has 0 saturated heterocycles. The Labute approximate surface area is 144 Å². The van der Waals surface area contributed by atoms with Gasteiger partial charge in [0.05, 0.1) is 0 Å². The average Bonchev–Trinajstić information content (AvgIpc) is 3.06. The summed E-state index contributed by atoms with van der Waals surface area (Å²) in [6.45, 7) is 2.11. The number of allylic oxidation sites excluding steroid dienone is 4. The lowest BCUT2D eigenvalue weighted by molar-refractivity contribution is -0.118. The molecule has 24 heavy (non-hydrogen) atoms. The molecule has 1 amide bonds. The maximum Gasteiger partial charge on any atom is 0.217 e. The monoisotopic (exact) mass is 335 g/mol. The van der Waals surface area contributed by atoms with Gasteiger partial charge in [-0.3, -0.25) is 4.79 Å². The summed E-state index contributed by atoms with van der Waals surface area (Å²) in [5.74, 6) is 0.250. The first-order valence-corrected chi connectivity index (χ1v) is 9.58. The molecule has 0 aromatic heterocycles. The van der Waals surface area contributed by atoms with Crippen molar-refractivity contribution in [3.05, 3.63) is 84.2 Å². The molecule has 3 heteroatoms. The number of carbonyl (C=O) groups excluding carboxylic acids is 1. The average molecular weight is 335 g/mol. The van der Waals surface area contributed by atoms with Crippen molar-refractivity contribution in [2.24, 2.45) is 17.6 Å². The van der Waals surface area contributed by atoms with Crippen LogP contribution in [0, 0.1) is 11.8 Å². The van der Waals surface area contributed by atoms with Crippen molar-refractivity contribution in [3.63, 3.8) is 0 Å². The molecular weight excluding hydrogens is 313 g/mol. The molecule has 3 rings (SSSR count). The van der Waals surface area contributed by atoms with Crippen LogP contribution in [0.15, 0.2) is 84.2 Å². The van der Waals surface area contributed by atoms with Gasteiger partial charge in [0.15, 0.2) is 0 Å². The minimum atomic E-state index is -0.602. The maximum atomic E-state index is 11.4. The van der Waals surface area contributed by atoms with E-state index in [0.717, 1.165) is 0 Å². The molecule has 1 aliphatic carbocycles. The quantitative estimate of drug-likeness (QED) is 0.804. The summed E-state index contributed by atoms with van der Waals surface area (Å²) in [6.07, 6.45) is 6.98. The summed E-state index contributed by atoms with van der Waals surface area (Å²) in [5.41, 5.74) is 5.43. The Morgan fingerprint density at radius 3 is 2.08 bits per heavy atom. The lowest BCUT2D eigenvalue weighted by atomic mass is 9.92. The summed E-state index contributed by atoms with van der Waals surface area (Å²) in [7, 11) is -0.602. The van der Waals surface area contributed by atoms with E-state index >= 15 is 0 Å². The number of nitrogens with two attached hydrogens (primary N) is 1. The number of amides is 1. The highest BCUT2D eigenvalue weighted by molar-refractivity contribution is 7.76. The Morgan fingerprint density at radius 1 is 1.04 bits per heavy atom. The SMILES string of the molecule is CC(CC(N)=O)C1C=CC=C1P(c1ccccc1)c1ccccc1. The molecule has 2 aromatic rings. The summed E-state index contributed by atoms with van der Waals surface area (Å²) in [5, 5.41) is 4.08. The minimum absolute atomic E-state index is 0.213. The van der Waals surface area contributed by atoms with Crippen molar-refractivity contribution in [1.29, 1.82) is 0 Å². The van der Waals surface area contributed by atoms with Crippen LogP contribution >= 0.6 is 7.92 Å². The van der Waals surface area contributed by atoms with Gasteiger partial charge in [0, 0.05) is 12.3 Å². The smallest absolute Gasteiger partial charge is 0.217 e. The summed E-state index contributed by atoms with van der Waals surface area (Å²) in [6, 6.07) is 21.3. The zero-order valence-electron chi connectivity index (χ0n) is 13.8. The van der Waals surface area contributed by atoms with Crippen LogP contribution in [0.4, 0.5) is 0 Å². The van der Waals surface area contributed by atoms with E-state index in [1.165, 1.54) is 15.9 Å². The third kappa shape index (κ3) is 3.66. The highest BCUT2D eigenvalue weighted by atomic mass is 31.1. The third-order valence-electron chi connectivity index (χ3n) is 4.35. The van der Waals surface area contributed by atoms with Crippen LogP contribution in [0.2, 0.25) is 0 Å². The van der Waals surface area contributed by atoms with E-state index in [0.29, 0.717) is 6.42 Å². The van der Waals surface area contributed by atoms with Gasteiger partial charge in [-0.25, -0.2) is 0 Å². The molecule has 0 radical (unpaired) electrons. The fourth-order valence-electron chi connectivity index (χ4n) is 3.23. The lowest BCUT2D eigenvalue weighted by Crippen LogP contribution is -2.22. The molecule has 0 heterocycles. The molecule has 0 spiro atoms. The molecule has 2 nitrogen and oxygen atoms in total. The molecule has 1 aliphatic rings. The molecule has 0 fully saturated rings. The van der Waals surface area contributed by atoms with Crippen LogP contribution in [0.5, 0.6) is 0 Å². The first-order valence-electron chi connectivity index (χ1n) is 8.23. The lowest BCUT2D eigenvalue weighted by Gasteiger charge is -2.28. The van der Waals surface area contributed by atoms with Gasteiger partial charge in [0.2, 0.25) is 5.91 Å². The second-order valence-corrected chi connectivity index (χ2v) is 8.38. The van der Waals surface area contributed by atoms with E-state index in [2.05, 4.69) is 85.8 Å². The fourth-order valence-corrected chi connectivity index (χ4v) is 5.94. The van der Waals surface area contributed by atoms with Crippen molar-refractivity contribution in [2.45, 2.75) is 13.3 Å². The summed E-state index contributed by atoms with van der Waals surface area (Å²) >= 11 is 0. The largest absolute Gasteiger partial charge is 0.370 e. The van der Waals surface area contributed by atoms with Crippen LogP contribution in [-0.2, 0) is 4.79 Å². The molecule has 2 aromatic carbocycles. The molecule has 2 unspecified atom stereocenters. The molecule has 122 valence electrons. The topological polar surface area (TPSA) is 43.1 Å². The Hall–Kier alpha value is -2.18. The fraction of sp³-hybridized carbons (Fsp3) is 0.190. The molecule has 2 atom stereocenters. The van der Waals surface area contributed by atoms with Gasteiger partial charge in [0.1, 0.15) is 0 Å². The Kier molecular flexibility index (Phi) is 5.27. The highest BCUT2D eigenvalue weighted by Crippen LogP contribution is 2.51. The predicted octanol–water partition coefficient (Wildman–Crippen LogP) is 3.70. The third-order valence-corrected chi connectivity index (χ3v) is 6.94.